The van der Waals surface area contributed by atoms with Crippen LogP contribution in [0.2, 0.25) is 0 Å². The van der Waals surface area contributed by atoms with Crippen molar-refractivity contribution in [3.63, 3.8) is 0 Å². The Hall–Kier alpha value is -3.61. The first-order valence-corrected chi connectivity index (χ1v) is 13.2. The van der Waals surface area contributed by atoms with Crippen LogP contribution in [0.4, 0.5) is 30.7 Å². The number of hydrogen-bond donors (Lipinski definition) is 0. The highest BCUT2D eigenvalue weighted by Crippen LogP contribution is 2.39. The fourth-order valence-electron chi connectivity index (χ4n) is 4.14. The average molecular weight is 594 g/mol. The SMILES string of the molecule is CSc1cc(-c2cccc(-c3cc(C(F)(F)P)c(C#N)c(=O)n3Cc3ccc(F)cc3F)c2)cc(C(F)(F)F)c1. The third-order valence-electron chi connectivity index (χ3n) is 6.08. The number of benzene rings is 3. The lowest BCUT2D eigenvalue weighted by Gasteiger charge is -2.20. The summed E-state index contributed by atoms with van der Waals surface area (Å²) in [5.41, 5.74) is -7.18. The Balaban J connectivity index is 1.98. The van der Waals surface area contributed by atoms with E-state index >= 15 is 0 Å². The van der Waals surface area contributed by atoms with E-state index in [4.69, 9.17) is 0 Å². The summed E-state index contributed by atoms with van der Waals surface area (Å²) in [6.45, 7) is -0.540. The number of thioether (sulfide) groups is 1. The molecule has 0 aliphatic heterocycles. The van der Waals surface area contributed by atoms with Crippen LogP contribution in [0.25, 0.3) is 22.4 Å². The number of hydrogen-bond acceptors (Lipinski definition) is 3. The number of halogens is 7. The van der Waals surface area contributed by atoms with Gasteiger partial charge in [-0.25, -0.2) is 8.78 Å². The van der Waals surface area contributed by atoms with Crippen LogP contribution in [0.5, 0.6) is 0 Å². The topological polar surface area (TPSA) is 45.8 Å². The van der Waals surface area contributed by atoms with E-state index in [2.05, 4.69) is 0 Å². The molecule has 206 valence electrons. The molecule has 0 N–H and O–H groups in total. The van der Waals surface area contributed by atoms with Crippen molar-refractivity contribution in [2.75, 3.05) is 6.26 Å². The highest BCUT2D eigenvalue weighted by atomic mass is 32.2. The fraction of sp³-hybridized carbons (Fsp3) is 0.143. The fourth-order valence-corrected chi connectivity index (χ4v) is 4.86. The molecule has 0 bridgehead atoms. The van der Waals surface area contributed by atoms with E-state index in [0.717, 1.165) is 46.7 Å². The smallest absolute Gasteiger partial charge is 0.303 e. The van der Waals surface area contributed by atoms with E-state index in [9.17, 15) is 40.8 Å². The zero-order valence-electron chi connectivity index (χ0n) is 20.5. The first kappa shape index (κ1) is 29.4. The van der Waals surface area contributed by atoms with Gasteiger partial charge in [0, 0.05) is 22.1 Å². The Morgan fingerprint density at radius 1 is 0.925 bits per heavy atom. The van der Waals surface area contributed by atoms with E-state index in [1.54, 1.807) is 6.26 Å². The number of pyridine rings is 1. The predicted molar refractivity (Wildman–Crippen MR) is 142 cm³/mol. The van der Waals surface area contributed by atoms with Gasteiger partial charge in [0.05, 0.1) is 17.8 Å². The third-order valence-corrected chi connectivity index (χ3v) is 7.09. The van der Waals surface area contributed by atoms with Crippen molar-refractivity contribution in [2.45, 2.75) is 23.3 Å². The molecule has 4 aromatic rings. The van der Waals surface area contributed by atoms with Gasteiger partial charge in [-0.2, -0.15) is 27.2 Å². The molecule has 1 aromatic heterocycles. The van der Waals surface area contributed by atoms with Gasteiger partial charge in [0.1, 0.15) is 23.3 Å². The van der Waals surface area contributed by atoms with Gasteiger partial charge in [-0.15, -0.1) is 11.8 Å². The standard InChI is InChI=1S/C28H18F7N2OPS/c1-40-21-9-18(8-19(10-21)27(31,32)33)15-3-2-4-16(7-15)25-12-23(28(34,35)39)22(13-36)26(38)37(25)14-17-5-6-20(29)11-24(17)30/h2-12H,14,39H2,1H3. The maximum atomic E-state index is 14.5. The molecule has 4 rings (SSSR count). The molecule has 3 nitrogen and oxygen atoms in total. The highest BCUT2D eigenvalue weighted by Gasteiger charge is 2.33. The molecule has 0 fully saturated rings. The van der Waals surface area contributed by atoms with Crippen molar-refractivity contribution in [2.24, 2.45) is 0 Å². The summed E-state index contributed by atoms with van der Waals surface area (Å²) in [6.07, 6.45) is -3.01. The van der Waals surface area contributed by atoms with E-state index in [0.29, 0.717) is 11.0 Å². The second-order valence-corrected chi connectivity index (χ2v) is 10.3. The number of rotatable bonds is 6. The predicted octanol–water partition coefficient (Wildman–Crippen LogP) is 8.05. The molecule has 0 spiro atoms. The third kappa shape index (κ3) is 6.08. The molecule has 0 amide bonds. The quantitative estimate of drug-likeness (QED) is 0.129. The molecule has 1 heterocycles. The van der Waals surface area contributed by atoms with Crippen LogP contribution < -0.4 is 5.56 Å². The molecular weight excluding hydrogens is 576 g/mol. The van der Waals surface area contributed by atoms with Crippen LogP contribution in [0.15, 0.2) is 76.4 Å². The summed E-state index contributed by atoms with van der Waals surface area (Å²) in [6, 6.07) is 14.3. The highest BCUT2D eigenvalue weighted by molar-refractivity contribution is 7.98. The number of aromatic nitrogens is 1. The van der Waals surface area contributed by atoms with Gasteiger partial charge in [0.25, 0.3) is 11.2 Å². The second kappa shape index (κ2) is 11.1. The van der Waals surface area contributed by atoms with Gasteiger partial charge in [-0.1, -0.05) is 33.5 Å². The Bertz CT molecular complexity index is 1710. The lowest BCUT2D eigenvalue weighted by atomic mass is 9.98. The van der Waals surface area contributed by atoms with Gasteiger partial charge in [-0.05, 0) is 59.3 Å². The molecule has 3 aromatic carbocycles. The molecule has 0 saturated heterocycles. The van der Waals surface area contributed by atoms with E-state index in [1.165, 1.54) is 45.6 Å². The van der Waals surface area contributed by atoms with Gasteiger partial charge in [-0.3, -0.25) is 4.79 Å². The Morgan fingerprint density at radius 3 is 2.23 bits per heavy atom. The number of alkyl halides is 5. The van der Waals surface area contributed by atoms with Gasteiger partial charge in [0.2, 0.25) is 0 Å². The molecule has 0 aliphatic carbocycles. The van der Waals surface area contributed by atoms with Gasteiger partial charge in [0.15, 0.2) is 0 Å². The van der Waals surface area contributed by atoms with Crippen LogP contribution in [0.1, 0.15) is 22.3 Å². The van der Waals surface area contributed by atoms with E-state index < -0.39 is 52.3 Å². The van der Waals surface area contributed by atoms with Crippen molar-refractivity contribution >= 4 is 21.0 Å². The number of nitrogens with zero attached hydrogens (tertiary/aromatic N) is 2. The Labute approximate surface area is 230 Å². The van der Waals surface area contributed by atoms with Crippen LogP contribution in [-0.2, 0) is 18.4 Å². The first-order chi connectivity index (χ1) is 18.7. The normalized spacial score (nSPS) is 11.9. The van der Waals surface area contributed by atoms with Crippen LogP contribution in [-0.4, -0.2) is 10.8 Å². The molecule has 40 heavy (non-hydrogen) atoms. The molecule has 1 unspecified atom stereocenters. The summed E-state index contributed by atoms with van der Waals surface area (Å²) in [7, 11) is 1.25. The second-order valence-electron chi connectivity index (χ2n) is 8.71. The number of nitriles is 1. The van der Waals surface area contributed by atoms with Crippen LogP contribution >= 0.6 is 21.0 Å². The summed E-state index contributed by atoms with van der Waals surface area (Å²) < 4.78 is 98.4. The molecule has 12 heteroatoms. The minimum absolute atomic E-state index is 0.139. The lowest BCUT2D eigenvalue weighted by molar-refractivity contribution is -0.137. The zero-order valence-corrected chi connectivity index (χ0v) is 22.5. The summed E-state index contributed by atoms with van der Waals surface area (Å²) in [4.78, 5) is 13.6. The van der Waals surface area contributed by atoms with Gasteiger partial charge >= 0.3 is 6.18 Å². The minimum Gasteiger partial charge on any atom is -0.303 e. The van der Waals surface area contributed by atoms with Crippen molar-refractivity contribution in [3.8, 4) is 28.5 Å². The van der Waals surface area contributed by atoms with Crippen molar-refractivity contribution < 1.29 is 30.7 Å². The molecule has 0 aliphatic rings. The van der Waals surface area contributed by atoms with E-state index in [-0.39, 0.29) is 27.9 Å². The van der Waals surface area contributed by atoms with Crippen LogP contribution in [0, 0.1) is 23.0 Å². The minimum atomic E-state index is -4.62. The first-order valence-electron chi connectivity index (χ1n) is 11.4. The van der Waals surface area contributed by atoms with Crippen molar-refractivity contribution in [1.82, 2.24) is 4.57 Å². The van der Waals surface area contributed by atoms with Gasteiger partial charge < -0.3 is 4.57 Å². The maximum Gasteiger partial charge on any atom is 0.416 e. The van der Waals surface area contributed by atoms with Crippen molar-refractivity contribution in [3.05, 3.63) is 111 Å². The summed E-state index contributed by atoms with van der Waals surface area (Å²) in [5.74, 6) is -1.87. The molecular formula is C28H18F7N2OPS. The molecule has 0 saturated carbocycles. The van der Waals surface area contributed by atoms with Crippen molar-refractivity contribution in [1.29, 1.82) is 5.26 Å². The largest absolute Gasteiger partial charge is 0.416 e. The lowest BCUT2D eigenvalue weighted by Crippen LogP contribution is -2.28. The average Bonchev–Trinajstić information content (AvgIpc) is 2.89. The Kier molecular flexibility index (Phi) is 8.16. The molecule has 1 atom stereocenters. The van der Waals surface area contributed by atoms with Crippen LogP contribution in [0.3, 0.4) is 0 Å². The summed E-state index contributed by atoms with van der Waals surface area (Å²) >= 11 is 1.10. The zero-order chi connectivity index (χ0) is 29.4. The molecule has 0 radical (unpaired) electrons. The van der Waals surface area contributed by atoms with E-state index in [1.807, 2.05) is 0 Å². The summed E-state index contributed by atoms with van der Waals surface area (Å²) in [5, 5.41) is 9.52. The Morgan fingerprint density at radius 2 is 1.62 bits per heavy atom. The maximum absolute atomic E-state index is 14.5. The monoisotopic (exact) mass is 594 g/mol.